The Morgan fingerprint density at radius 3 is 1.93 bits per heavy atom. The summed E-state index contributed by atoms with van der Waals surface area (Å²) in [6, 6.07) is 4.09. The molecule has 0 unspecified atom stereocenters. The Morgan fingerprint density at radius 2 is 1.36 bits per heavy atom. The van der Waals surface area contributed by atoms with Crippen LogP contribution in [0.25, 0.3) is 20.4 Å². The van der Waals surface area contributed by atoms with Crippen LogP contribution in [0.3, 0.4) is 0 Å². The van der Waals surface area contributed by atoms with E-state index < -0.39 is 0 Å². The number of halogens is 1. The highest BCUT2D eigenvalue weighted by Gasteiger charge is 2.33. The lowest BCUT2D eigenvalue weighted by Gasteiger charge is -2.28. The summed E-state index contributed by atoms with van der Waals surface area (Å²) >= 11 is 9.37. The molecular weight excluding hydrogens is 804 g/mol. The van der Waals surface area contributed by atoms with E-state index in [1.54, 1.807) is 33.9 Å². The summed E-state index contributed by atoms with van der Waals surface area (Å²) in [4.78, 5) is 54.6. The van der Waals surface area contributed by atoms with E-state index >= 15 is 0 Å². The van der Waals surface area contributed by atoms with Crippen LogP contribution in [0.15, 0.2) is 29.8 Å². The van der Waals surface area contributed by atoms with Gasteiger partial charge in [-0.1, -0.05) is 11.6 Å². The van der Waals surface area contributed by atoms with E-state index in [0.717, 1.165) is 83.4 Å². The summed E-state index contributed by atoms with van der Waals surface area (Å²) in [7, 11) is 0. The molecule has 0 bridgehead atoms. The molecule has 3 aliphatic rings. The highest BCUT2D eigenvalue weighted by molar-refractivity contribution is 7.19. The van der Waals surface area contributed by atoms with Gasteiger partial charge in [-0.2, -0.15) is 0 Å². The topological polar surface area (TPSA) is 207 Å². The Morgan fingerprint density at radius 1 is 0.810 bits per heavy atom. The van der Waals surface area contributed by atoms with Gasteiger partial charge in [0.05, 0.1) is 56.0 Å². The number of hydrogen-bond donors (Lipinski definition) is 5. The molecule has 15 nitrogen and oxygen atoms in total. The highest BCUT2D eigenvalue weighted by atomic mass is 35.5. The third kappa shape index (κ3) is 8.80. The minimum atomic E-state index is -0.168. The van der Waals surface area contributed by atoms with E-state index in [1.165, 1.54) is 16.8 Å². The Balaban J connectivity index is 0.000000193. The molecular formula is C40H47ClN8O7S2. The minimum Gasteiger partial charge on any atom is -0.492 e. The largest absolute Gasteiger partial charge is 0.492 e. The smallest absolute Gasteiger partial charge is 0.226 e. The zero-order valence-corrected chi connectivity index (χ0v) is 34.6. The molecule has 308 valence electrons. The second-order valence-electron chi connectivity index (χ2n) is 14.3. The number of benzene rings is 1. The van der Waals surface area contributed by atoms with Crippen molar-refractivity contribution in [2.75, 3.05) is 64.5 Å². The standard InChI is InChI=1S/C25H29N5O4S.C15H18ClN3O3S/c1-2-34-20-10-17-13-26-12-16(17)9-19(20)29-23-22-18-4-3-15(25(33)30(5-7-31)6-8-32)11-21(18)35-24(22)28-14-27-23;16-13-12-10-2-1-9(15(22)19(3-5-20)4-6-21)7-11(10)23-14(12)18-8-17-13/h9-10,12,14-15,31-32H,2-8,11,13H2,1H3,(H,27,28,29);8-9,20-21H,1-7H2/t15-;9-/m00/s1. The number of ether oxygens (including phenoxy) is 1. The number of anilines is 2. The zero-order valence-electron chi connectivity index (χ0n) is 32.2. The predicted molar refractivity (Wildman–Crippen MR) is 225 cm³/mol. The summed E-state index contributed by atoms with van der Waals surface area (Å²) in [5.41, 5.74) is 5.41. The number of aromatic nitrogens is 4. The van der Waals surface area contributed by atoms with Crippen LogP contribution < -0.4 is 10.1 Å². The second kappa shape index (κ2) is 19.1. The lowest BCUT2D eigenvalue weighted by molar-refractivity contribution is -0.137. The summed E-state index contributed by atoms with van der Waals surface area (Å²) in [5.74, 6) is 1.19. The van der Waals surface area contributed by atoms with Gasteiger partial charge in [0.25, 0.3) is 0 Å². The maximum absolute atomic E-state index is 13.0. The van der Waals surface area contributed by atoms with Gasteiger partial charge in [-0.05, 0) is 79.8 Å². The first-order valence-electron chi connectivity index (χ1n) is 19.5. The third-order valence-electron chi connectivity index (χ3n) is 10.7. The number of carbonyl (C=O) groups is 2. The molecule has 0 saturated heterocycles. The molecule has 2 atom stereocenters. The number of aryl methyl sites for hydroxylation is 2. The minimum absolute atomic E-state index is 0.00612. The van der Waals surface area contributed by atoms with Crippen LogP contribution in [0.5, 0.6) is 5.75 Å². The van der Waals surface area contributed by atoms with E-state index in [2.05, 4.69) is 36.3 Å². The lowest BCUT2D eigenvalue weighted by atomic mass is 9.87. The number of aliphatic hydroxyl groups excluding tert-OH is 4. The van der Waals surface area contributed by atoms with E-state index in [9.17, 15) is 19.8 Å². The van der Waals surface area contributed by atoms with Gasteiger partial charge < -0.3 is 40.3 Å². The lowest BCUT2D eigenvalue weighted by Crippen LogP contribution is -2.41. The quantitative estimate of drug-likeness (QED) is 0.101. The Bertz CT molecular complexity index is 2290. The molecule has 0 radical (unpaired) electrons. The van der Waals surface area contributed by atoms with Crippen LogP contribution >= 0.6 is 34.3 Å². The Labute approximate surface area is 348 Å². The number of rotatable bonds is 14. The fourth-order valence-corrected chi connectivity index (χ4v) is 10.8. The molecule has 0 spiro atoms. The zero-order chi connectivity index (χ0) is 40.8. The van der Waals surface area contributed by atoms with Crippen molar-refractivity contribution in [2.24, 2.45) is 16.8 Å². The molecule has 2 aliphatic carbocycles. The molecule has 0 fully saturated rings. The van der Waals surface area contributed by atoms with Gasteiger partial charge in [0.2, 0.25) is 11.8 Å². The first kappa shape index (κ1) is 41.8. The number of aliphatic hydroxyl groups is 4. The Hall–Kier alpha value is -4.36. The molecule has 1 aliphatic heterocycles. The maximum atomic E-state index is 13.0. The molecule has 2 amide bonds. The van der Waals surface area contributed by atoms with Crippen molar-refractivity contribution in [3.8, 4) is 5.75 Å². The maximum Gasteiger partial charge on any atom is 0.226 e. The van der Waals surface area contributed by atoms with Gasteiger partial charge in [0, 0.05) is 54.0 Å². The normalized spacial score (nSPS) is 16.7. The number of carbonyl (C=O) groups excluding carboxylic acids is 2. The summed E-state index contributed by atoms with van der Waals surface area (Å²) in [5, 5.41) is 42.7. The molecule has 58 heavy (non-hydrogen) atoms. The molecule has 5 aromatic rings. The fraction of sp³-hybridized carbons (Fsp3) is 0.475. The number of nitrogens with one attached hydrogen (secondary N) is 1. The number of aliphatic imine (C=N–C) groups is 1. The van der Waals surface area contributed by atoms with Crippen molar-refractivity contribution in [1.82, 2.24) is 29.7 Å². The van der Waals surface area contributed by atoms with Gasteiger partial charge in [-0.25, -0.2) is 19.9 Å². The monoisotopic (exact) mass is 850 g/mol. The van der Waals surface area contributed by atoms with Crippen LogP contribution in [-0.2, 0) is 41.8 Å². The van der Waals surface area contributed by atoms with Crippen molar-refractivity contribution >= 4 is 84.2 Å². The van der Waals surface area contributed by atoms with Gasteiger partial charge in [0.15, 0.2) is 0 Å². The molecule has 1 aromatic carbocycles. The Kier molecular flexibility index (Phi) is 13.8. The van der Waals surface area contributed by atoms with Crippen molar-refractivity contribution in [3.63, 3.8) is 0 Å². The van der Waals surface area contributed by atoms with Crippen molar-refractivity contribution in [1.29, 1.82) is 0 Å². The number of amides is 2. The van der Waals surface area contributed by atoms with Crippen molar-refractivity contribution in [2.45, 2.75) is 52.0 Å². The van der Waals surface area contributed by atoms with E-state index in [4.69, 9.17) is 26.6 Å². The molecule has 4 aromatic heterocycles. The molecule has 18 heteroatoms. The van der Waals surface area contributed by atoms with Crippen molar-refractivity contribution < 1.29 is 34.8 Å². The summed E-state index contributed by atoms with van der Waals surface area (Å²) in [6.45, 7) is 3.75. The van der Waals surface area contributed by atoms with E-state index in [-0.39, 0.29) is 76.3 Å². The number of fused-ring (bicyclic) bond motifs is 7. The van der Waals surface area contributed by atoms with Crippen LogP contribution in [0.2, 0.25) is 5.15 Å². The fourth-order valence-electron chi connectivity index (χ4n) is 8.00. The average Bonchev–Trinajstić information content (AvgIpc) is 3.95. The van der Waals surface area contributed by atoms with Crippen LogP contribution in [0.1, 0.15) is 51.8 Å². The van der Waals surface area contributed by atoms with E-state index in [0.29, 0.717) is 37.6 Å². The van der Waals surface area contributed by atoms with Gasteiger partial charge >= 0.3 is 0 Å². The first-order chi connectivity index (χ1) is 28.3. The number of nitrogens with zero attached hydrogens (tertiary/aromatic N) is 7. The van der Waals surface area contributed by atoms with E-state index in [1.807, 2.05) is 19.2 Å². The summed E-state index contributed by atoms with van der Waals surface area (Å²) < 4.78 is 5.91. The first-order valence-corrected chi connectivity index (χ1v) is 21.5. The number of hydrogen-bond acceptors (Lipinski definition) is 15. The number of thiophene rings is 2. The molecule has 5 heterocycles. The summed E-state index contributed by atoms with van der Waals surface area (Å²) in [6.07, 6.45) is 9.13. The SMILES string of the molecule is CCOc1cc2c(cc1Nc1ncnc3sc4c(c13)CC[C@H](C(=O)N(CCO)CCO)C4)C=NC2.O=C([C@H]1CCc2c(sc3ncnc(Cl)c23)C1)N(CCO)CCO. The van der Waals surface area contributed by atoms with Crippen LogP contribution in [0, 0.1) is 11.8 Å². The van der Waals surface area contributed by atoms with Gasteiger partial charge in [-0.3, -0.25) is 14.6 Å². The highest BCUT2D eigenvalue weighted by Crippen LogP contribution is 2.43. The van der Waals surface area contributed by atoms with Crippen molar-refractivity contribution in [3.05, 3.63) is 61.9 Å². The average molecular weight is 851 g/mol. The predicted octanol–water partition coefficient (Wildman–Crippen LogP) is 3.95. The second-order valence-corrected chi connectivity index (χ2v) is 16.8. The third-order valence-corrected chi connectivity index (χ3v) is 13.3. The molecule has 5 N–H and O–H groups in total. The van der Waals surface area contributed by atoms with Gasteiger partial charge in [0.1, 0.15) is 39.0 Å². The molecule has 8 rings (SSSR count). The van der Waals surface area contributed by atoms with Crippen LogP contribution in [0.4, 0.5) is 11.5 Å². The van der Waals surface area contributed by atoms with Crippen LogP contribution in [-0.4, -0.2) is 127 Å². The van der Waals surface area contributed by atoms with Gasteiger partial charge in [-0.15, -0.1) is 22.7 Å². The molecule has 0 saturated carbocycles.